The molecule has 0 saturated heterocycles. The van der Waals surface area contributed by atoms with Gasteiger partial charge in [-0.2, -0.15) is 0 Å². The van der Waals surface area contributed by atoms with Gasteiger partial charge in [-0.1, -0.05) is 0 Å². The number of hydrogen-bond acceptors (Lipinski definition) is 4. The number of halogens is 2. The Labute approximate surface area is 125 Å². The number of nitrogens with zero attached hydrogens (tertiary/aromatic N) is 1. The van der Waals surface area contributed by atoms with Gasteiger partial charge in [0.05, 0.1) is 10.7 Å². The molecule has 0 aliphatic heterocycles. The van der Waals surface area contributed by atoms with E-state index in [2.05, 4.69) is 10.3 Å². The highest BCUT2D eigenvalue weighted by Crippen LogP contribution is 2.16. The second-order valence-corrected chi connectivity index (χ2v) is 5.02. The lowest BCUT2D eigenvalue weighted by Gasteiger charge is -2.03. The molecule has 0 aromatic carbocycles. The Morgan fingerprint density at radius 2 is 2.06 bits per heavy atom. The summed E-state index contributed by atoms with van der Waals surface area (Å²) in [5.74, 6) is 0.0874. The summed E-state index contributed by atoms with van der Waals surface area (Å²) in [5.41, 5.74) is 6.41. The van der Waals surface area contributed by atoms with Crippen LogP contribution in [0.15, 0.2) is 0 Å². The summed E-state index contributed by atoms with van der Waals surface area (Å²) in [6, 6.07) is 0. The first-order valence-corrected chi connectivity index (χ1v) is 6.34. The number of carbonyl (C=O) groups excluding carboxylic acids is 1. The Balaban J connectivity index is 0. The quantitative estimate of drug-likeness (QED) is 0.844. The van der Waals surface area contributed by atoms with Crippen LogP contribution in [-0.2, 0) is 11.2 Å². The minimum atomic E-state index is 0. The highest BCUT2D eigenvalue weighted by atomic mass is 35.5. The van der Waals surface area contributed by atoms with Gasteiger partial charge in [0.2, 0.25) is 5.91 Å². The fourth-order valence-corrected chi connectivity index (χ4v) is 2.41. The average Bonchev–Trinajstić information content (AvgIpc) is 2.55. The van der Waals surface area contributed by atoms with Crippen molar-refractivity contribution in [2.45, 2.75) is 33.1 Å². The molecule has 0 radical (unpaired) electrons. The van der Waals surface area contributed by atoms with E-state index in [-0.39, 0.29) is 30.7 Å². The third-order valence-corrected chi connectivity index (χ3v) is 3.41. The summed E-state index contributed by atoms with van der Waals surface area (Å²) < 4.78 is 0. The normalized spacial score (nSPS) is 9.28. The maximum atomic E-state index is 11.3. The van der Waals surface area contributed by atoms with Crippen molar-refractivity contribution in [1.29, 1.82) is 0 Å². The summed E-state index contributed by atoms with van der Waals surface area (Å²) in [6.07, 6.45) is 2.15. The highest BCUT2D eigenvalue weighted by Gasteiger charge is 2.05. The van der Waals surface area contributed by atoms with Crippen LogP contribution in [0, 0.1) is 13.8 Å². The Morgan fingerprint density at radius 1 is 1.39 bits per heavy atom. The molecule has 3 N–H and O–H groups in total. The molecule has 1 amide bonds. The molecule has 0 saturated carbocycles. The van der Waals surface area contributed by atoms with Crippen LogP contribution in [0.1, 0.15) is 28.4 Å². The number of thiazole rings is 1. The molecule has 1 aromatic rings. The van der Waals surface area contributed by atoms with Gasteiger partial charge < -0.3 is 11.1 Å². The van der Waals surface area contributed by atoms with Crippen molar-refractivity contribution in [1.82, 2.24) is 10.3 Å². The Bertz CT molecular complexity index is 358. The number of carbonyl (C=O) groups is 1. The molecule has 0 aliphatic carbocycles. The highest BCUT2D eigenvalue weighted by molar-refractivity contribution is 7.11. The molecule has 4 nitrogen and oxygen atoms in total. The maximum Gasteiger partial charge on any atom is 0.220 e. The van der Waals surface area contributed by atoms with Crippen molar-refractivity contribution < 1.29 is 4.79 Å². The number of amides is 1. The predicted octanol–water partition coefficient (Wildman–Crippen LogP) is 2.00. The largest absolute Gasteiger partial charge is 0.356 e. The molecular formula is C11H21Cl2N3OS. The van der Waals surface area contributed by atoms with Crippen LogP contribution in [0.25, 0.3) is 0 Å². The smallest absolute Gasteiger partial charge is 0.220 e. The van der Waals surface area contributed by atoms with Gasteiger partial charge in [-0.15, -0.1) is 36.2 Å². The van der Waals surface area contributed by atoms with Crippen molar-refractivity contribution in [2.75, 3.05) is 13.1 Å². The Kier molecular flexibility index (Phi) is 11.7. The van der Waals surface area contributed by atoms with Gasteiger partial charge in [-0.05, 0) is 26.8 Å². The number of aromatic nitrogens is 1. The lowest BCUT2D eigenvalue weighted by atomic mass is 10.2. The number of hydrogen-bond donors (Lipinski definition) is 2. The van der Waals surface area contributed by atoms with Gasteiger partial charge in [0.25, 0.3) is 0 Å². The third kappa shape index (κ3) is 7.16. The van der Waals surface area contributed by atoms with Crippen LogP contribution in [0.5, 0.6) is 0 Å². The number of rotatable bonds is 6. The van der Waals surface area contributed by atoms with Crippen LogP contribution in [0.4, 0.5) is 0 Å². The molecule has 0 spiro atoms. The molecule has 1 heterocycles. The monoisotopic (exact) mass is 313 g/mol. The van der Waals surface area contributed by atoms with E-state index < -0.39 is 0 Å². The summed E-state index contributed by atoms with van der Waals surface area (Å²) in [4.78, 5) is 16.9. The van der Waals surface area contributed by atoms with Gasteiger partial charge in [0.15, 0.2) is 0 Å². The fraction of sp³-hybridized carbons (Fsp3) is 0.636. The van der Waals surface area contributed by atoms with Crippen molar-refractivity contribution in [3.8, 4) is 0 Å². The molecule has 1 rings (SSSR count). The maximum absolute atomic E-state index is 11.3. The molecule has 0 atom stereocenters. The molecule has 18 heavy (non-hydrogen) atoms. The van der Waals surface area contributed by atoms with Gasteiger partial charge >= 0.3 is 0 Å². The van der Waals surface area contributed by atoms with Crippen LogP contribution in [0.2, 0.25) is 0 Å². The summed E-state index contributed by atoms with van der Waals surface area (Å²) in [7, 11) is 0. The first-order valence-electron chi connectivity index (χ1n) is 5.53. The zero-order chi connectivity index (χ0) is 12.0. The third-order valence-electron chi connectivity index (χ3n) is 2.28. The van der Waals surface area contributed by atoms with E-state index in [1.54, 1.807) is 11.3 Å². The SMILES string of the molecule is Cc1nc(C)c(CCNC(=O)CCCN)s1.Cl.Cl. The Hall–Kier alpha value is -0.360. The van der Waals surface area contributed by atoms with Gasteiger partial charge in [0, 0.05) is 24.3 Å². The minimum Gasteiger partial charge on any atom is -0.356 e. The van der Waals surface area contributed by atoms with Crippen molar-refractivity contribution in [3.63, 3.8) is 0 Å². The van der Waals surface area contributed by atoms with Crippen molar-refractivity contribution >= 4 is 42.1 Å². The van der Waals surface area contributed by atoms with E-state index in [9.17, 15) is 4.79 Å². The van der Waals surface area contributed by atoms with Crippen LogP contribution in [0.3, 0.4) is 0 Å². The minimum absolute atomic E-state index is 0. The first-order chi connectivity index (χ1) is 7.63. The van der Waals surface area contributed by atoms with E-state index >= 15 is 0 Å². The molecule has 0 bridgehead atoms. The molecule has 0 unspecified atom stereocenters. The van der Waals surface area contributed by atoms with Gasteiger partial charge in [-0.3, -0.25) is 4.79 Å². The van der Waals surface area contributed by atoms with Crippen molar-refractivity contribution in [2.24, 2.45) is 5.73 Å². The number of nitrogens with one attached hydrogen (secondary N) is 1. The molecule has 0 aliphatic rings. The standard InChI is InChI=1S/C11H19N3OS.2ClH/c1-8-10(16-9(2)14-8)5-7-13-11(15)4-3-6-12;;/h3-7,12H2,1-2H3,(H,13,15);2*1H. The van der Waals surface area contributed by atoms with Crippen LogP contribution < -0.4 is 11.1 Å². The van der Waals surface area contributed by atoms with Gasteiger partial charge in [-0.25, -0.2) is 4.98 Å². The molecule has 106 valence electrons. The number of aryl methyl sites for hydroxylation is 2. The zero-order valence-corrected chi connectivity index (χ0v) is 13.1. The van der Waals surface area contributed by atoms with E-state index in [1.165, 1.54) is 4.88 Å². The van der Waals surface area contributed by atoms with E-state index in [0.717, 1.165) is 23.5 Å². The second kappa shape index (κ2) is 10.6. The first kappa shape index (κ1) is 20.0. The van der Waals surface area contributed by atoms with Crippen LogP contribution in [-0.4, -0.2) is 24.0 Å². The summed E-state index contributed by atoms with van der Waals surface area (Å²) in [6.45, 7) is 5.27. The fourth-order valence-electron chi connectivity index (χ4n) is 1.47. The summed E-state index contributed by atoms with van der Waals surface area (Å²) >= 11 is 1.70. The second-order valence-electron chi connectivity index (χ2n) is 3.73. The molecular weight excluding hydrogens is 293 g/mol. The number of nitrogens with two attached hydrogens (primary N) is 1. The zero-order valence-electron chi connectivity index (χ0n) is 10.7. The summed E-state index contributed by atoms with van der Waals surface area (Å²) in [5, 5.41) is 3.97. The van der Waals surface area contributed by atoms with E-state index in [1.807, 2.05) is 13.8 Å². The topological polar surface area (TPSA) is 68.0 Å². The lowest BCUT2D eigenvalue weighted by Crippen LogP contribution is -2.25. The van der Waals surface area contributed by atoms with E-state index in [0.29, 0.717) is 19.5 Å². The van der Waals surface area contributed by atoms with Crippen LogP contribution >= 0.6 is 36.2 Å². The van der Waals surface area contributed by atoms with E-state index in [4.69, 9.17) is 5.73 Å². The predicted molar refractivity (Wildman–Crippen MR) is 81.1 cm³/mol. The lowest BCUT2D eigenvalue weighted by molar-refractivity contribution is -0.121. The molecule has 0 fully saturated rings. The Morgan fingerprint density at radius 3 is 2.56 bits per heavy atom. The van der Waals surface area contributed by atoms with Crippen molar-refractivity contribution in [3.05, 3.63) is 15.6 Å². The van der Waals surface area contributed by atoms with Gasteiger partial charge in [0.1, 0.15) is 0 Å². The molecule has 7 heteroatoms. The molecule has 1 aromatic heterocycles. The average molecular weight is 314 g/mol.